The first-order valence-corrected chi connectivity index (χ1v) is 20.1. The van der Waals surface area contributed by atoms with Gasteiger partial charge in [0, 0.05) is 5.41 Å². The van der Waals surface area contributed by atoms with Gasteiger partial charge in [0.05, 0.1) is 0 Å². The fraction of sp³-hybridized carbons (Fsp3) is 0.0526. The predicted octanol–water partition coefficient (Wildman–Crippen LogP) is 13.9. The molecule has 57 heavy (non-hydrogen) atoms. The zero-order valence-electron chi connectivity index (χ0n) is 32.0. The molecule has 0 atom stereocenters. The van der Waals surface area contributed by atoms with Gasteiger partial charge in [-0.2, -0.15) is 0 Å². The Morgan fingerprint density at radius 3 is 1.67 bits per heavy atom. The van der Waals surface area contributed by atoms with Crippen molar-refractivity contribution >= 4 is 81.9 Å². The molecule has 10 aromatic carbocycles. The number of allylic oxidation sites excluding steroid dienone is 4. The lowest BCUT2D eigenvalue weighted by atomic mass is 9.73. The third-order valence-electron chi connectivity index (χ3n) is 12.7. The Kier molecular flexibility index (Phi) is 6.78. The van der Waals surface area contributed by atoms with Crippen molar-refractivity contribution in [3.63, 3.8) is 0 Å². The van der Waals surface area contributed by atoms with E-state index in [0.717, 1.165) is 0 Å². The Bertz CT molecular complexity index is 3570. The van der Waals surface area contributed by atoms with Gasteiger partial charge in [-0.3, -0.25) is 0 Å². The second kappa shape index (κ2) is 12.0. The monoisotopic (exact) mass is 722 g/mol. The third kappa shape index (κ3) is 4.74. The maximum Gasteiger partial charge on any atom is 0.00966 e. The molecule has 0 bridgehead atoms. The molecule has 0 spiro atoms. The van der Waals surface area contributed by atoms with Crippen LogP contribution in [0, 0.1) is 5.41 Å². The van der Waals surface area contributed by atoms with Gasteiger partial charge in [-0.25, -0.2) is 0 Å². The van der Waals surface area contributed by atoms with Crippen molar-refractivity contribution in [1.29, 1.82) is 0 Å². The number of fused-ring (bicyclic) bond motifs is 11. The highest BCUT2D eigenvalue weighted by Crippen LogP contribution is 2.49. The summed E-state index contributed by atoms with van der Waals surface area (Å²) in [5.74, 6) is 0. The average molecular weight is 723 g/mol. The lowest BCUT2D eigenvalue weighted by Crippen LogP contribution is -2.28. The largest absolute Gasteiger partial charge is 0.0665 e. The summed E-state index contributed by atoms with van der Waals surface area (Å²) in [6.45, 7) is 4.82. The molecule has 0 aromatic heterocycles. The van der Waals surface area contributed by atoms with Crippen molar-refractivity contribution in [1.82, 2.24) is 0 Å². The summed E-state index contributed by atoms with van der Waals surface area (Å²) in [6.07, 6.45) is 7.50. The number of benzene rings is 10. The van der Waals surface area contributed by atoms with E-state index in [-0.39, 0.29) is 5.41 Å². The third-order valence-corrected chi connectivity index (χ3v) is 12.7. The number of hydrogen-bond donors (Lipinski definition) is 0. The van der Waals surface area contributed by atoms with Crippen LogP contribution >= 0.6 is 0 Å². The molecule has 0 amide bonds. The topological polar surface area (TPSA) is 0 Å². The maximum absolute atomic E-state index is 2.55. The van der Waals surface area contributed by atoms with Gasteiger partial charge in [0.2, 0.25) is 0 Å². The van der Waals surface area contributed by atoms with E-state index in [2.05, 4.69) is 208 Å². The summed E-state index contributed by atoms with van der Waals surface area (Å²) in [5, 5.41) is 18.2. The van der Waals surface area contributed by atoms with Crippen molar-refractivity contribution < 1.29 is 0 Å². The highest BCUT2D eigenvalue weighted by atomic mass is 14.4. The van der Waals surface area contributed by atoms with E-state index in [1.807, 2.05) is 0 Å². The molecule has 0 unspecified atom stereocenters. The predicted molar refractivity (Wildman–Crippen MR) is 246 cm³/mol. The normalized spacial score (nSPS) is 14.6. The van der Waals surface area contributed by atoms with Crippen LogP contribution in [-0.4, -0.2) is 0 Å². The molecular formula is C57H38. The summed E-state index contributed by atoms with van der Waals surface area (Å²) in [7, 11) is 0. The second-order valence-corrected chi connectivity index (χ2v) is 16.5. The quantitative estimate of drug-likeness (QED) is 0.126. The smallest absolute Gasteiger partial charge is 0.00966 e. The SMILES string of the molecule is CC1(C)C=C(c2c3ccccc3cc3c(-c4cccc5ccccc45)ccc(-c4ccccc4)c23)C=C2C=c3cc4c5ccccc5c5ccccc5c4cc3=C21. The zero-order valence-corrected chi connectivity index (χ0v) is 32.0. The molecule has 2 aliphatic carbocycles. The van der Waals surface area contributed by atoms with Gasteiger partial charge in [-0.05, 0) is 150 Å². The first kappa shape index (κ1) is 32.2. The molecule has 0 nitrogen and oxygen atoms in total. The Morgan fingerprint density at radius 1 is 0.368 bits per heavy atom. The van der Waals surface area contributed by atoms with Crippen molar-refractivity contribution in [3.05, 3.63) is 210 Å². The van der Waals surface area contributed by atoms with Gasteiger partial charge >= 0.3 is 0 Å². The van der Waals surface area contributed by atoms with Gasteiger partial charge in [0.15, 0.2) is 0 Å². The van der Waals surface area contributed by atoms with E-state index in [9.17, 15) is 0 Å². The summed E-state index contributed by atoms with van der Waals surface area (Å²) in [6, 6.07) is 65.4. The van der Waals surface area contributed by atoms with Gasteiger partial charge in [-0.1, -0.05) is 178 Å². The molecule has 0 heterocycles. The Balaban J connectivity index is 1.18. The minimum Gasteiger partial charge on any atom is -0.0665 e. The molecule has 0 saturated carbocycles. The minimum atomic E-state index is -0.231. The van der Waals surface area contributed by atoms with E-state index in [1.54, 1.807) is 0 Å². The minimum absolute atomic E-state index is 0.231. The maximum atomic E-state index is 2.55. The molecule has 0 saturated heterocycles. The lowest BCUT2D eigenvalue weighted by Gasteiger charge is -2.31. The van der Waals surface area contributed by atoms with Crippen LogP contribution in [0.5, 0.6) is 0 Å². The fourth-order valence-corrected chi connectivity index (χ4v) is 10.4. The molecule has 0 N–H and O–H groups in total. The van der Waals surface area contributed by atoms with E-state index in [4.69, 9.17) is 0 Å². The highest BCUT2D eigenvalue weighted by molar-refractivity contribution is 6.26. The average Bonchev–Trinajstić information content (AvgIpc) is 3.63. The van der Waals surface area contributed by atoms with Gasteiger partial charge in [0.25, 0.3) is 0 Å². The summed E-state index contributed by atoms with van der Waals surface area (Å²) < 4.78 is 0. The van der Waals surface area contributed by atoms with Gasteiger partial charge in [-0.15, -0.1) is 0 Å². The molecule has 0 radical (unpaired) electrons. The van der Waals surface area contributed by atoms with Crippen molar-refractivity contribution in [2.45, 2.75) is 13.8 Å². The standard InChI is InChI=1S/C57H38/c1-57(2)34-40(30-39-29-38-32-51-47-24-12-10-22-45(47)46-23-11-13-25-48(46)52(51)33-50(38)56(39)57)54-42-21-9-7-18-37(42)31-53-49(44-26-14-19-35-17-6-8-20-41(35)44)28-27-43(55(53)54)36-15-4-3-5-16-36/h3-34H,1-2H3. The Labute approximate surface area is 331 Å². The van der Waals surface area contributed by atoms with Crippen LogP contribution in [0.15, 0.2) is 194 Å². The van der Waals surface area contributed by atoms with Crippen LogP contribution < -0.4 is 10.4 Å². The Morgan fingerprint density at radius 2 is 0.930 bits per heavy atom. The first-order chi connectivity index (χ1) is 28.0. The number of rotatable bonds is 3. The molecule has 10 aromatic rings. The Hall–Kier alpha value is -7.02. The van der Waals surface area contributed by atoms with Crippen LogP contribution in [0.25, 0.3) is 104 Å². The zero-order chi connectivity index (χ0) is 37.8. The molecule has 0 aliphatic heterocycles. The molecular weight excluding hydrogens is 685 g/mol. The molecule has 12 rings (SSSR count). The fourth-order valence-electron chi connectivity index (χ4n) is 10.4. The number of hydrogen-bond acceptors (Lipinski definition) is 0. The van der Waals surface area contributed by atoms with Crippen LogP contribution in [0.2, 0.25) is 0 Å². The molecule has 0 heteroatoms. The second-order valence-electron chi connectivity index (χ2n) is 16.5. The molecule has 0 fully saturated rings. The lowest BCUT2D eigenvalue weighted by molar-refractivity contribution is 0.647. The van der Waals surface area contributed by atoms with Crippen molar-refractivity contribution in [2.24, 2.45) is 5.41 Å². The van der Waals surface area contributed by atoms with Crippen molar-refractivity contribution in [3.8, 4) is 22.3 Å². The van der Waals surface area contributed by atoms with Crippen LogP contribution in [0.3, 0.4) is 0 Å². The first-order valence-electron chi connectivity index (χ1n) is 20.1. The van der Waals surface area contributed by atoms with Crippen LogP contribution in [-0.2, 0) is 0 Å². The van der Waals surface area contributed by atoms with E-state index in [0.29, 0.717) is 0 Å². The van der Waals surface area contributed by atoms with E-state index >= 15 is 0 Å². The molecule has 2 aliphatic rings. The highest BCUT2D eigenvalue weighted by Gasteiger charge is 2.32. The summed E-state index contributed by atoms with van der Waals surface area (Å²) in [4.78, 5) is 0. The van der Waals surface area contributed by atoms with Crippen LogP contribution in [0.4, 0.5) is 0 Å². The molecule has 266 valence electrons. The van der Waals surface area contributed by atoms with Gasteiger partial charge in [0.1, 0.15) is 0 Å². The van der Waals surface area contributed by atoms with Crippen molar-refractivity contribution in [2.75, 3.05) is 0 Å². The van der Waals surface area contributed by atoms with E-state index < -0.39 is 0 Å². The van der Waals surface area contributed by atoms with E-state index in [1.165, 1.54) is 120 Å². The summed E-state index contributed by atoms with van der Waals surface area (Å²) in [5.41, 5.74) is 10.1. The summed E-state index contributed by atoms with van der Waals surface area (Å²) >= 11 is 0. The van der Waals surface area contributed by atoms with Gasteiger partial charge < -0.3 is 0 Å². The van der Waals surface area contributed by atoms with Crippen LogP contribution in [0.1, 0.15) is 19.4 Å².